The minimum Gasteiger partial charge on any atom is -0.507 e. The number of ether oxygens (including phenoxy) is 1. The van der Waals surface area contributed by atoms with Crippen molar-refractivity contribution < 1.29 is 23.8 Å². The van der Waals surface area contributed by atoms with Gasteiger partial charge in [0.25, 0.3) is 11.7 Å². The lowest BCUT2D eigenvalue weighted by Gasteiger charge is -2.25. The second-order valence-corrected chi connectivity index (χ2v) is 5.91. The van der Waals surface area contributed by atoms with Crippen LogP contribution in [0.2, 0.25) is 0 Å². The molecular formula is C20H18FNO4. The highest BCUT2D eigenvalue weighted by Gasteiger charge is 2.45. The van der Waals surface area contributed by atoms with Crippen LogP contribution < -0.4 is 0 Å². The van der Waals surface area contributed by atoms with Gasteiger partial charge < -0.3 is 14.7 Å². The van der Waals surface area contributed by atoms with E-state index in [1.54, 1.807) is 36.4 Å². The number of aliphatic hydroxyl groups is 1. The zero-order valence-corrected chi connectivity index (χ0v) is 14.2. The van der Waals surface area contributed by atoms with Gasteiger partial charge in [-0.3, -0.25) is 9.59 Å². The normalized spacial score (nSPS) is 19.2. The van der Waals surface area contributed by atoms with Crippen molar-refractivity contribution in [1.29, 1.82) is 0 Å². The van der Waals surface area contributed by atoms with Gasteiger partial charge in [0.05, 0.1) is 18.2 Å². The van der Waals surface area contributed by atoms with Crippen molar-refractivity contribution >= 4 is 17.4 Å². The lowest BCUT2D eigenvalue weighted by molar-refractivity contribution is -0.140. The molecule has 1 amide bonds. The molecule has 1 N–H and O–H groups in total. The summed E-state index contributed by atoms with van der Waals surface area (Å²) in [5.41, 5.74) is 0.777. The van der Waals surface area contributed by atoms with Gasteiger partial charge in [0.1, 0.15) is 11.6 Å². The minimum atomic E-state index is -0.874. The number of hydrogen-bond donors (Lipinski definition) is 1. The molecule has 26 heavy (non-hydrogen) atoms. The molecule has 0 unspecified atom stereocenters. The molecule has 1 saturated heterocycles. The maximum atomic E-state index is 13.8. The van der Waals surface area contributed by atoms with Gasteiger partial charge >= 0.3 is 0 Å². The number of benzene rings is 2. The molecule has 0 radical (unpaired) electrons. The summed E-state index contributed by atoms with van der Waals surface area (Å²) in [6.07, 6.45) is 0. The molecule has 2 aromatic rings. The maximum absolute atomic E-state index is 13.8. The van der Waals surface area contributed by atoms with E-state index in [9.17, 15) is 19.1 Å². The first-order valence-corrected chi connectivity index (χ1v) is 8.13. The second kappa shape index (κ2) is 7.49. The third kappa shape index (κ3) is 3.23. The Morgan fingerprint density at radius 1 is 1.15 bits per heavy atom. The molecule has 1 aliphatic heterocycles. The minimum absolute atomic E-state index is 0.0529. The zero-order chi connectivity index (χ0) is 18.7. The maximum Gasteiger partial charge on any atom is 0.295 e. The first-order chi connectivity index (χ1) is 12.5. The molecule has 0 saturated carbocycles. The number of aliphatic hydroxyl groups excluding tert-OH is 1. The molecule has 1 aliphatic rings. The van der Waals surface area contributed by atoms with E-state index in [0.29, 0.717) is 11.1 Å². The van der Waals surface area contributed by atoms with Gasteiger partial charge in [-0.25, -0.2) is 4.39 Å². The van der Waals surface area contributed by atoms with Gasteiger partial charge in [0.15, 0.2) is 0 Å². The summed E-state index contributed by atoms with van der Waals surface area (Å²) >= 11 is 0. The number of hydrogen-bond acceptors (Lipinski definition) is 4. The average molecular weight is 355 g/mol. The number of carbonyl (C=O) groups excluding carboxylic acids is 2. The Hall–Kier alpha value is -2.99. The lowest BCUT2D eigenvalue weighted by atomic mass is 9.95. The Bertz CT molecular complexity index is 863. The number of rotatable bonds is 5. The molecule has 3 rings (SSSR count). The fraction of sp³-hybridized carbons (Fsp3) is 0.200. The number of carbonyl (C=O) groups is 2. The highest BCUT2D eigenvalue weighted by atomic mass is 19.1. The first kappa shape index (κ1) is 17.8. The van der Waals surface area contributed by atoms with Crippen LogP contribution in [0.25, 0.3) is 5.76 Å². The van der Waals surface area contributed by atoms with E-state index >= 15 is 0 Å². The van der Waals surface area contributed by atoms with Crippen LogP contribution in [-0.4, -0.2) is 42.0 Å². The van der Waals surface area contributed by atoms with Crippen molar-refractivity contribution in [3.05, 3.63) is 77.1 Å². The molecule has 1 heterocycles. The predicted octanol–water partition coefficient (Wildman–Crippen LogP) is 2.89. The summed E-state index contributed by atoms with van der Waals surface area (Å²) in [4.78, 5) is 26.4. The summed E-state index contributed by atoms with van der Waals surface area (Å²) in [6, 6.07) is 13.3. The largest absolute Gasteiger partial charge is 0.507 e. The average Bonchev–Trinajstić information content (AvgIpc) is 2.91. The highest BCUT2D eigenvalue weighted by Crippen LogP contribution is 2.39. The molecule has 134 valence electrons. The van der Waals surface area contributed by atoms with E-state index in [4.69, 9.17) is 4.74 Å². The zero-order valence-electron chi connectivity index (χ0n) is 14.2. The summed E-state index contributed by atoms with van der Waals surface area (Å²) < 4.78 is 18.8. The molecule has 0 spiro atoms. The van der Waals surface area contributed by atoms with Crippen LogP contribution in [0.5, 0.6) is 0 Å². The van der Waals surface area contributed by atoms with E-state index in [1.165, 1.54) is 30.2 Å². The van der Waals surface area contributed by atoms with Crippen LogP contribution in [0.15, 0.2) is 60.2 Å². The van der Waals surface area contributed by atoms with Crippen LogP contribution in [0.1, 0.15) is 17.2 Å². The topological polar surface area (TPSA) is 66.8 Å². The smallest absolute Gasteiger partial charge is 0.295 e. The van der Waals surface area contributed by atoms with E-state index in [1.807, 2.05) is 0 Å². The number of ketones is 1. The Labute approximate surface area is 150 Å². The standard InChI is InChI=1S/C20H18FNO4/c1-26-11-10-22-17(14-8-5-9-15(21)12-14)16(19(24)20(22)25)18(23)13-6-3-2-4-7-13/h2-9,12,17,23H,10-11H2,1H3/t17-/m1/s1. The fourth-order valence-electron chi connectivity index (χ4n) is 3.08. The Kier molecular flexibility index (Phi) is 5.14. The van der Waals surface area contributed by atoms with Crippen LogP contribution >= 0.6 is 0 Å². The monoisotopic (exact) mass is 355 g/mol. The lowest BCUT2D eigenvalue weighted by Crippen LogP contribution is -2.32. The van der Waals surface area contributed by atoms with Gasteiger partial charge in [-0.2, -0.15) is 0 Å². The molecule has 2 aromatic carbocycles. The van der Waals surface area contributed by atoms with Crippen molar-refractivity contribution in [2.45, 2.75) is 6.04 Å². The number of nitrogens with zero attached hydrogens (tertiary/aromatic N) is 1. The SMILES string of the molecule is COCCN1C(=O)C(=O)C(=C(O)c2ccccc2)[C@H]1c1cccc(F)c1. The Balaban J connectivity index is 2.16. The van der Waals surface area contributed by atoms with Crippen molar-refractivity contribution in [1.82, 2.24) is 4.90 Å². The first-order valence-electron chi connectivity index (χ1n) is 8.13. The molecule has 0 aromatic heterocycles. The van der Waals surface area contributed by atoms with Crippen molar-refractivity contribution in [3.63, 3.8) is 0 Å². The van der Waals surface area contributed by atoms with Crippen LogP contribution in [0, 0.1) is 5.82 Å². The summed E-state index contributed by atoms with van der Waals surface area (Å²) in [5.74, 6) is -2.30. The molecule has 5 nitrogen and oxygen atoms in total. The van der Waals surface area contributed by atoms with Gasteiger partial charge in [-0.1, -0.05) is 42.5 Å². The van der Waals surface area contributed by atoms with Gasteiger partial charge in [-0.15, -0.1) is 0 Å². The highest BCUT2D eigenvalue weighted by molar-refractivity contribution is 6.46. The van der Waals surface area contributed by atoms with Gasteiger partial charge in [0, 0.05) is 19.2 Å². The summed E-state index contributed by atoms with van der Waals surface area (Å²) in [7, 11) is 1.48. The number of methoxy groups -OCH3 is 1. The predicted molar refractivity (Wildman–Crippen MR) is 93.7 cm³/mol. The fourth-order valence-corrected chi connectivity index (χ4v) is 3.08. The quantitative estimate of drug-likeness (QED) is 0.509. The number of amides is 1. The van der Waals surface area contributed by atoms with Gasteiger partial charge in [0.2, 0.25) is 0 Å². The summed E-state index contributed by atoms with van der Waals surface area (Å²) in [5, 5.41) is 10.7. The Morgan fingerprint density at radius 2 is 1.88 bits per heavy atom. The van der Waals surface area contributed by atoms with Crippen molar-refractivity contribution in [3.8, 4) is 0 Å². The van der Waals surface area contributed by atoms with E-state index < -0.39 is 23.5 Å². The van der Waals surface area contributed by atoms with Crippen LogP contribution in [0.4, 0.5) is 4.39 Å². The van der Waals surface area contributed by atoms with E-state index in [2.05, 4.69) is 0 Å². The van der Waals surface area contributed by atoms with Crippen molar-refractivity contribution in [2.75, 3.05) is 20.3 Å². The van der Waals surface area contributed by atoms with Gasteiger partial charge in [-0.05, 0) is 17.7 Å². The van der Waals surface area contributed by atoms with Crippen molar-refractivity contribution in [2.24, 2.45) is 0 Å². The van der Waals surface area contributed by atoms with E-state index in [-0.39, 0.29) is 24.5 Å². The molecular weight excluding hydrogens is 337 g/mol. The number of Topliss-reactive ketones (excluding diaryl/α,β-unsaturated/α-hetero) is 1. The molecule has 0 aliphatic carbocycles. The molecule has 1 atom stereocenters. The third-order valence-electron chi connectivity index (χ3n) is 4.29. The molecule has 6 heteroatoms. The Morgan fingerprint density at radius 3 is 2.54 bits per heavy atom. The van der Waals surface area contributed by atoms with E-state index in [0.717, 1.165) is 0 Å². The third-order valence-corrected chi connectivity index (χ3v) is 4.29. The number of halogens is 1. The van der Waals surface area contributed by atoms with Crippen LogP contribution in [-0.2, 0) is 14.3 Å². The van der Waals surface area contributed by atoms with Crippen LogP contribution in [0.3, 0.4) is 0 Å². The number of likely N-dealkylation sites (tertiary alicyclic amines) is 1. The molecule has 1 fully saturated rings. The molecule has 0 bridgehead atoms. The summed E-state index contributed by atoms with van der Waals surface area (Å²) in [6.45, 7) is 0.359. The second-order valence-electron chi connectivity index (χ2n) is 5.91.